The van der Waals surface area contributed by atoms with Gasteiger partial charge in [-0.3, -0.25) is 4.79 Å². The molecule has 3 aromatic rings. The third-order valence-electron chi connectivity index (χ3n) is 9.22. The van der Waals surface area contributed by atoms with E-state index in [2.05, 4.69) is 40.2 Å². The normalized spacial score (nSPS) is 26.9. The summed E-state index contributed by atoms with van der Waals surface area (Å²) in [7, 11) is 0. The number of benzene rings is 2. The number of nitrogens with two attached hydrogens (primary N) is 1. The summed E-state index contributed by atoms with van der Waals surface area (Å²) in [5.41, 5.74) is 10.9. The second kappa shape index (κ2) is 8.84. The number of primary amides is 1. The average molecular weight is 467 g/mol. The van der Waals surface area contributed by atoms with Crippen LogP contribution in [0.5, 0.6) is 0 Å². The molecular formula is C30H34N4O. The van der Waals surface area contributed by atoms with E-state index in [4.69, 9.17) is 5.73 Å². The van der Waals surface area contributed by atoms with Crippen LogP contribution in [0.2, 0.25) is 0 Å². The van der Waals surface area contributed by atoms with Gasteiger partial charge in [0.1, 0.15) is 11.8 Å². The number of nitrogens with zero attached hydrogens (tertiary/aromatic N) is 2. The van der Waals surface area contributed by atoms with Crippen LogP contribution in [0.4, 0.5) is 0 Å². The van der Waals surface area contributed by atoms with Crippen LogP contribution in [0, 0.1) is 23.2 Å². The first-order valence-electron chi connectivity index (χ1n) is 13.3. The highest BCUT2D eigenvalue weighted by atomic mass is 16.1. The van der Waals surface area contributed by atoms with Gasteiger partial charge in [0, 0.05) is 29.1 Å². The molecule has 180 valence electrons. The zero-order valence-corrected chi connectivity index (χ0v) is 20.3. The van der Waals surface area contributed by atoms with Crippen LogP contribution in [0.3, 0.4) is 0 Å². The van der Waals surface area contributed by atoms with Gasteiger partial charge in [0.25, 0.3) is 0 Å². The predicted molar refractivity (Wildman–Crippen MR) is 138 cm³/mol. The standard InChI is InChI=1S/C30H34N4O/c31-19-26-17-21-9-10-22(29(32)35)18-28(21)34(26)25-13-11-24(12-14-25)30(23-6-2-3-7-23)27-8-4-1-5-20(27)15-16-33-30/h1,4-5,8-10,17-18,23-25,33H,2-3,6-7,11-16H2,(H2,32,35). The fraction of sp³-hybridized carbons (Fsp3) is 0.467. The minimum Gasteiger partial charge on any atom is -0.366 e. The molecule has 0 saturated heterocycles. The number of carbonyl (C=O) groups is 1. The molecule has 3 aliphatic rings. The van der Waals surface area contributed by atoms with Crippen LogP contribution in [0.1, 0.15) is 84.6 Å². The minimum atomic E-state index is -0.428. The third kappa shape index (κ3) is 3.58. The van der Waals surface area contributed by atoms with E-state index in [1.807, 2.05) is 18.2 Å². The molecule has 5 nitrogen and oxygen atoms in total. The summed E-state index contributed by atoms with van der Waals surface area (Å²) in [5.74, 6) is 0.866. The van der Waals surface area contributed by atoms with Crippen molar-refractivity contribution in [3.8, 4) is 6.07 Å². The van der Waals surface area contributed by atoms with Crippen molar-refractivity contribution < 1.29 is 4.79 Å². The lowest BCUT2D eigenvalue weighted by Gasteiger charge is -2.52. The second-order valence-corrected chi connectivity index (χ2v) is 10.8. The van der Waals surface area contributed by atoms with E-state index in [9.17, 15) is 10.1 Å². The molecule has 2 aliphatic carbocycles. The van der Waals surface area contributed by atoms with Crippen molar-refractivity contribution in [2.24, 2.45) is 17.6 Å². The SMILES string of the molecule is N#Cc1cc2ccc(C(N)=O)cc2n1C1CCC(C2(C3CCCC3)NCCc3ccccc32)CC1. The van der Waals surface area contributed by atoms with Gasteiger partial charge in [0.05, 0.1) is 5.52 Å². The lowest BCUT2D eigenvalue weighted by molar-refractivity contribution is 0.0734. The van der Waals surface area contributed by atoms with E-state index in [0.717, 1.165) is 49.6 Å². The number of amides is 1. The topological polar surface area (TPSA) is 83.8 Å². The second-order valence-electron chi connectivity index (χ2n) is 10.8. The average Bonchev–Trinajstić information content (AvgIpc) is 3.56. The van der Waals surface area contributed by atoms with E-state index >= 15 is 0 Å². The number of hydrogen-bond donors (Lipinski definition) is 2. The Morgan fingerprint density at radius 3 is 2.49 bits per heavy atom. The summed E-state index contributed by atoms with van der Waals surface area (Å²) >= 11 is 0. The van der Waals surface area contributed by atoms with Gasteiger partial charge in [-0.1, -0.05) is 43.2 Å². The molecule has 2 fully saturated rings. The van der Waals surface area contributed by atoms with Gasteiger partial charge >= 0.3 is 0 Å². The summed E-state index contributed by atoms with van der Waals surface area (Å²) in [5, 5.41) is 15.0. The third-order valence-corrected chi connectivity index (χ3v) is 9.22. The summed E-state index contributed by atoms with van der Waals surface area (Å²) in [4.78, 5) is 11.8. The highest BCUT2D eigenvalue weighted by molar-refractivity contribution is 5.97. The first-order chi connectivity index (χ1) is 17.1. The van der Waals surface area contributed by atoms with Crippen LogP contribution in [-0.2, 0) is 12.0 Å². The molecule has 3 N–H and O–H groups in total. The minimum absolute atomic E-state index is 0.0757. The van der Waals surface area contributed by atoms with Crippen molar-refractivity contribution in [1.29, 1.82) is 5.26 Å². The molecule has 1 aromatic heterocycles. The van der Waals surface area contributed by atoms with Gasteiger partial charge in [-0.15, -0.1) is 0 Å². The molecule has 5 heteroatoms. The Hall–Kier alpha value is -3.10. The zero-order chi connectivity index (χ0) is 24.0. The van der Waals surface area contributed by atoms with Gasteiger partial charge in [-0.25, -0.2) is 0 Å². The maximum Gasteiger partial charge on any atom is 0.248 e. The van der Waals surface area contributed by atoms with E-state index in [1.165, 1.54) is 31.2 Å². The highest BCUT2D eigenvalue weighted by Crippen LogP contribution is 2.53. The number of fused-ring (bicyclic) bond motifs is 2. The van der Waals surface area contributed by atoms with Crippen molar-refractivity contribution in [3.05, 3.63) is 70.9 Å². The highest BCUT2D eigenvalue weighted by Gasteiger charge is 2.50. The first-order valence-corrected chi connectivity index (χ1v) is 13.3. The molecule has 6 rings (SSSR count). The monoisotopic (exact) mass is 466 g/mol. The summed E-state index contributed by atoms with van der Waals surface area (Å²) < 4.78 is 2.18. The van der Waals surface area contributed by atoms with Crippen LogP contribution < -0.4 is 11.1 Å². The fourth-order valence-electron chi connectivity index (χ4n) is 7.73. The fourth-order valence-corrected chi connectivity index (χ4v) is 7.73. The molecule has 2 saturated carbocycles. The molecule has 35 heavy (non-hydrogen) atoms. The molecule has 1 aliphatic heterocycles. The number of nitrogens with one attached hydrogen (secondary N) is 1. The molecule has 2 heterocycles. The maximum atomic E-state index is 11.8. The Morgan fingerprint density at radius 1 is 1.00 bits per heavy atom. The van der Waals surface area contributed by atoms with Crippen molar-refractivity contribution in [3.63, 3.8) is 0 Å². The Morgan fingerprint density at radius 2 is 1.74 bits per heavy atom. The van der Waals surface area contributed by atoms with E-state index in [-0.39, 0.29) is 11.6 Å². The number of carbonyl (C=O) groups excluding carboxylic acids is 1. The first kappa shape index (κ1) is 22.4. The number of nitriles is 1. The smallest absolute Gasteiger partial charge is 0.248 e. The van der Waals surface area contributed by atoms with Crippen LogP contribution in [-0.4, -0.2) is 17.0 Å². The molecule has 2 aromatic carbocycles. The van der Waals surface area contributed by atoms with Crippen molar-refractivity contribution in [2.75, 3.05) is 6.54 Å². The lowest BCUT2D eigenvalue weighted by atomic mass is 9.61. The summed E-state index contributed by atoms with van der Waals surface area (Å²) in [6.45, 7) is 1.06. The molecular weight excluding hydrogens is 432 g/mol. The lowest BCUT2D eigenvalue weighted by Crippen LogP contribution is -2.57. The van der Waals surface area contributed by atoms with Crippen molar-refractivity contribution in [2.45, 2.75) is 69.4 Å². The Kier molecular flexibility index (Phi) is 5.65. The molecule has 0 radical (unpaired) electrons. The quantitative estimate of drug-likeness (QED) is 0.527. The van der Waals surface area contributed by atoms with Crippen LogP contribution in [0.25, 0.3) is 10.9 Å². The number of hydrogen-bond acceptors (Lipinski definition) is 3. The van der Waals surface area contributed by atoms with Gasteiger partial charge in [-0.05, 0) is 86.1 Å². The maximum absolute atomic E-state index is 11.8. The van der Waals surface area contributed by atoms with Gasteiger partial charge in [-0.2, -0.15) is 5.26 Å². The zero-order valence-electron chi connectivity index (χ0n) is 20.3. The Labute approximate surface area is 207 Å². The van der Waals surface area contributed by atoms with E-state index in [0.29, 0.717) is 23.1 Å². The molecule has 0 bridgehead atoms. The van der Waals surface area contributed by atoms with Crippen molar-refractivity contribution in [1.82, 2.24) is 9.88 Å². The Balaban J connectivity index is 1.34. The Bertz CT molecular complexity index is 1300. The molecule has 1 unspecified atom stereocenters. The van der Waals surface area contributed by atoms with Crippen LogP contribution in [0.15, 0.2) is 48.5 Å². The largest absolute Gasteiger partial charge is 0.366 e. The molecule has 1 amide bonds. The van der Waals surface area contributed by atoms with Crippen molar-refractivity contribution >= 4 is 16.8 Å². The predicted octanol–water partition coefficient (Wildman–Crippen LogP) is 5.57. The van der Waals surface area contributed by atoms with Gasteiger partial charge < -0.3 is 15.6 Å². The van der Waals surface area contributed by atoms with E-state index < -0.39 is 5.91 Å². The molecule has 0 spiro atoms. The number of rotatable bonds is 4. The molecule has 1 atom stereocenters. The van der Waals surface area contributed by atoms with Crippen LogP contribution >= 0.6 is 0 Å². The number of aromatic nitrogens is 1. The summed E-state index contributed by atoms with van der Waals surface area (Å²) in [6, 6.07) is 19.3. The summed E-state index contributed by atoms with van der Waals surface area (Å²) in [6.07, 6.45) is 10.8. The van der Waals surface area contributed by atoms with Gasteiger partial charge in [0.15, 0.2) is 0 Å². The van der Waals surface area contributed by atoms with Gasteiger partial charge in [0.2, 0.25) is 5.91 Å². The van der Waals surface area contributed by atoms with E-state index in [1.54, 1.807) is 11.6 Å².